The van der Waals surface area contributed by atoms with Crippen molar-refractivity contribution in [2.45, 2.75) is 24.1 Å². The van der Waals surface area contributed by atoms with Crippen LogP contribution in [0.2, 0.25) is 0 Å². The van der Waals surface area contributed by atoms with Crippen LogP contribution in [0.3, 0.4) is 0 Å². The molecule has 1 aliphatic rings. The average Bonchev–Trinajstić information content (AvgIpc) is 2.74. The summed E-state index contributed by atoms with van der Waals surface area (Å²) >= 11 is 0. The molecule has 10 heteroatoms. The fourth-order valence-electron chi connectivity index (χ4n) is 2.09. The monoisotopic (exact) mass is 332 g/mol. The molecule has 1 aliphatic heterocycles. The van der Waals surface area contributed by atoms with Crippen LogP contribution in [0, 0.1) is 0 Å². The number of benzene rings is 1. The van der Waals surface area contributed by atoms with Crippen molar-refractivity contribution in [1.82, 2.24) is 0 Å². The molecule has 7 N–H and O–H groups in total. The average molecular weight is 332 g/mol. The SMILES string of the molecule is O=C(OC[C@H]1OC(O)[C@@](O)(CO)[C@@H]1O)c1cc(O)c(O)c(O)c1. The number of rotatable bonds is 4. The lowest BCUT2D eigenvalue weighted by molar-refractivity contribution is -0.191. The number of aliphatic hydroxyl groups is 4. The van der Waals surface area contributed by atoms with E-state index in [0.29, 0.717) is 0 Å². The zero-order valence-corrected chi connectivity index (χ0v) is 11.7. The molecule has 0 bridgehead atoms. The first-order valence-corrected chi connectivity index (χ1v) is 6.47. The molecule has 0 aliphatic carbocycles. The maximum Gasteiger partial charge on any atom is 0.338 e. The molecule has 0 radical (unpaired) electrons. The number of aliphatic hydroxyl groups excluding tert-OH is 3. The van der Waals surface area contributed by atoms with Crippen LogP contribution >= 0.6 is 0 Å². The van der Waals surface area contributed by atoms with E-state index in [2.05, 4.69) is 0 Å². The van der Waals surface area contributed by atoms with Crippen molar-refractivity contribution in [2.75, 3.05) is 13.2 Å². The minimum atomic E-state index is -2.30. The van der Waals surface area contributed by atoms with Gasteiger partial charge >= 0.3 is 5.97 Å². The fourth-order valence-corrected chi connectivity index (χ4v) is 2.09. The van der Waals surface area contributed by atoms with Crippen LogP contribution in [0.4, 0.5) is 0 Å². The van der Waals surface area contributed by atoms with Gasteiger partial charge in [0, 0.05) is 0 Å². The normalized spacial score (nSPS) is 30.3. The summed E-state index contributed by atoms with van der Waals surface area (Å²) in [6, 6.07) is 1.70. The Bertz CT molecular complexity index is 579. The third-order valence-electron chi connectivity index (χ3n) is 3.53. The summed E-state index contributed by atoms with van der Waals surface area (Å²) in [5.74, 6) is -3.30. The molecule has 0 amide bonds. The van der Waals surface area contributed by atoms with E-state index in [9.17, 15) is 35.4 Å². The topological polar surface area (TPSA) is 177 Å². The maximum absolute atomic E-state index is 11.8. The number of hydrogen-bond donors (Lipinski definition) is 7. The molecular weight excluding hydrogens is 316 g/mol. The predicted octanol–water partition coefficient (Wildman–Crippen LogP) is -2.24. The van der Waals surface area contributed by atoms with Gasteiger partial charge in [-0.2, -0.15) is 0 Å². The maximum atomic E-state index is 11.8. The number of carbonyl (C=O) groups excluding carboxylic acids is 1. The number of hydrogen-bond acceptors (Lipinski definition) is 10. The lowest BCUT2D eigenvalue weighted by Gasteiger charge is -2.25. The van der Waals surface area contributed by atoms with Crippen molar-refractivity contribution in [1.29, 1.82) is 0 Å². The van der Waals surface area contributed by atoms with E-state index < -0.39 is 60.5 Å². The number of esters is 1. The van der Waals surface area contributed by atoms with Crippen molar-refractivity contribution in [2.24, 2.45) is 0 Å². The zero-order chi connectivity index (χ0) is 17.4. The van der Waals surface area contributed by atoms with E-state index in [4.69, 9.17) is 14.6 Å². The minimum Gasteiger partial charge on any atom is -0.504 e. The van der Waals surface area contributed by atoms with E-state index >= 15 is 0 Å². The Balaban J connectivity index is 2.03. The van der Waals surface area contributed by atoms with Crippen molar-refractivity contribution in [3.63, 3.8) is 0 Å². The van der Waals surface area contributed by atoms with E-state index in [1.54, 1.807) is 0 Å². The van der Waals surface area contributed by atoms with Crippen LogP contribution in [0.15, 0.2) is 12.1 Å². The van der Waals surface area contributed by atoms with Crippen LogP contribution in [0.25, 0.3) is 0 Å². The highest BCUT2D eigenvalue weighted by molar-refractivity contribution is 5.91. The lowest BCUT2D eigenvalue weighted by Crippen LogP contribution is -2.51. The Kier molecular flexibility index (Phi) is 4.63. The standard InChI is InChI=1S/C13H16O10/c14-4-13(21)10(18)8(23-12(13)20)3-22-11(19)5-1-6(15)9(17)7(16)2-5/h1-2,8,10,12,14-18,20-21H,3-4H2/t8-,10-,12?,13-/m1/s1. The predicted molar refractivity (Wildman–Crippen MR) is 70.6 cm³/mol. The van der Waals surface area contributed by atoms with Gasteiger partial charge in [-0.15, -0.1) is 0 Å². The highest BCUT2D eigenvalue weighted by Gasteiger charge is 2.55. The second-order valence-electron chi connectivity index (χ2n) is 5.08. The molecule has 1 aromatic carbocycles. The van der Waals surface area contributed by atoms with E-state index in [0.717, 1.165) is 12.1 Å². The number of phenolic OH excluding ortho intramolecular Hbond substituents is 3. The molecule has 1 aromatic rings. The second-order valence-corrected chi connectivity index (χ2v) is 5.08. The summed E-state index contributed by atoms with van der Waals surface area (Å²) in [5.41, 5.74) is -2.59. The summed E-state index contributed by atoms with van der Waals surface area (Å²) in [6.07, 6.45) is -4.88. The summed E-state index contributed by atoms with van der Waals surface area (Å²) in [5, 5.41) is 65.8. The Hall–Kier alpha value is -2.11. The molecule has 0 saturated carbocycles. The molecule has 128 valence electrons. The third kappa shape index (κ3) is 3.02. The molecular formula is C13H16O10. The lowest BCUT2D eigenvalue weighted by atomic mass is 9.96. The van der Waals surface area contributed by atoms with Gasteiger partial charge in [0.1, 0.15) is 18.8 Å². The fraction of sp³-hybridized carbons (Fsp3) is 0.462. The van der Waals surface area contributed by atoms with E-state index in [1.807, 2.05) is 0 Å². The molecule has 1 unspecified atom stereocenters. The summed E-state index contributed by atoms with van der Waals surface area (Å²) in [6.45, 7) is -1.55. The summed E-state index contributed by atoms with van der Waals surface area (Å²) in [4.78, 5) is 11.8. The van der Waals surface area contributed by atoms with Crippen molar-refractivity contribution in [3.8, 4) is 17.2 Å². The van der Waals surface area contributed by atoms with Gasteiger partial charge in [0.2, 0.25) is 0 Å². The van der Waals surface area contributed by atoms with Crippen LogP contribution in [-0.2, 0) is 9.47 Å². The van der Waals surface area contributed by atoms with Crippen molar-refractivity contribution < 1.29 is 50.0 Å². The Labute approximate surface area is 129 Å². The smallest absolute Gasteiger partial charge is 0.338 e. The first kappa shape index (κ1) is 17.2. The molecule has 23 heavy (non-hydrogen) atoms. The first-order chi connectivity index (χ1) is 10.7. The Morgan fingerprint density at radius 3 is 2.26 bits per heavy atom. The third-order valence-corrected chi connectivity index (χ3v) is 3.53. The molecule has 4 atom stereocenters. The highest BCUT2D eigenvalue weighted by Crippen LogP contribution is 2.35. The van der Waals surface area contributed by atoms with Gasteiger partial charge < -0.3 is 45.2 Å². The van der Waals surface area contributed by atoms with Crippen molar-refractivity contribution in [3.05, 3.63) is 17.7 Å². The Morgan fingerprint density at radius 1 is 1.22 bits per heavy atom. The molecule has 1 fully saturated rings. The molecule has 2 rings (SSSR count). The van der Waals surface area contributed by atoms with Gasteiger partial charge in [-0.1, -0.05) is 0 Å². The van der Waals surface area contributed by atoms with Gasteiger partial charge in [0.05, 0.1) is 12.2 Å². The first-order valence-electron chi connectivity index (χ1n) is 6.47. The van der Waals surface area contributed by atoms with Gasteiger partial charge in [-0.3, -0.25) is 0 Å². The van der Waals surface area contributed by atoms with E-state index in [-0.39, 0.29) is 5.56 Å². The molecule has 1 saturated heterocycles. The van der Waals surface area contributed by atoms with Gasteiger partial charge in [-0.25, -0.2) is 4.79 Å². The number of ether oxygens (including phenoxy) is 2. The molecule has 1 heterocycles. The minimum absolute atomic E-state index is 0.289. The molecule has 0 spiro atoms. The molecule has 10 nitrogen and oxygen atoms in total. The van der Waals surface area contributed by atoms with Gasteiger partial charge in [0.15, 0.2) is 29.1 Å². The number of carbonyl (C=O) groups is 1. The van der Waals surface area contributed by atoms with E-state index in [1.165, 1.54) is 0 Å². The van der Waals surface area contributed by atoms with Crippen LogP contribution < -0.4 is 0 Å². The number of phenols is 3. The number of aromatic hydroxyl groups is 3. The summed E-state index contributed by atoms with van der Waals surface area (Å²) in [7, 11) is 0. The quantitative estimate of drug-likeness (QED) is 0.235. The van der Waals surface area contributed by atoms with Crippen LogP contribution in [-0.4, -0.2) is 79.0 Å². The Morgan fingerprint density at radius 2 is 1.78 bits per heavy atom. The molecule has 0 aromatic heterocycles. The van der Waals surface area contributed by atoms with Crippen molar-refractivity contribution >= 4 is 5.97 Å². The largest absolute Gasteiger partial charge is 0.504 e. The highest BCUT2D eigenvalue weighted by atomic mass is 16.7. The van der Waals surface area contributed by atoms with Crippen LogP contribution in [0.5, 0.6) is 17.2 Å². The zero-order valence-electron chi connectivity index (χ0n) is 11.7. The second kappa shape index (κ2) is 6.18. The van der Waals surface area contributed by atoms with Crippen LogP contribution in [0.1, 0.15) is 10.4 Å². The van der Waals surface area contributed by atoms with Gasteiger partial charge in [-0.05, 0) is 12.1 Å². The van der Waals surface area contributed by atoms with Gasteiger partial charge in [0.25, 0.3) is 0 Å². The summed E-state index contributed by atoms with van der Waals surface area (Å²) < 4.78 is 9.60.